The lowest BCUT2D eigenvalue weighted by atomic mass is 10.1. The first-order valence-corrected chi connectivity index (χ1v) is 6.09. The molecule has 1 unspecified atom stereocenters. The fourth-order valence-corrected chi connectivity index (χ4v) is 1.53. The van der Waals surface area contributed by atoms with Gasteiger partial charge in [-0.25, -0.2) is 4.79 Å². The van der Waals surface area contributed by atoms with Crippen molar-refractivity contribution < 1.29 is 9.53 Å². The number of ether oxygens (including phenoxy) is 1. The molecule has 1 atom stereocenters. The molecule has 1 rings (SSSR count). The van der Waals surface area contributed by atoms with Gasteiger partial charge in [0.1, 0.15) is 5.60 Å². The smallest absolute Gasteiger partial charge is 0.408 e. The molecular weight excluding hydrogens is 226 g/mol. The molecule has 0 saturated carbocycles. The van der Waals surface area contributed by atoms with Gasteiger partial charge in [0.15, 0.2) is 0 Å². The van der Waals surface area contributed by atoms with Crippen LogP contribution < -0.4 is 5.32 Å². The van der Waals surface area contributed by atoms with Gasteiger partial charge in [0.25, 0.3) is 0 Å². The summed E-state index contributed by atoms with van der Waals surface area (Å²) in [6.07, 6.45) is 3.43. The third-order valence-corrected chi connectivity index (χ3v) is 2.22. The van der Waals surface area contributed by atoms with E-state index in [1.165, 1.54) is 0 Å². The number of benzene rings is 1. The minimum Gasteiger partial charge on any atom is -0.444 e. The van der Waals surface area contributed by atoms with E-state index in [2.05, 4.69) is 5.32 Å². The van der Waals surface area contributed by atoms with Gasteiger partial charge >= 0.3 is 6.09 Å². The number of carbonyl (C=O) groups is 1. The fraction of sp³-hybridized carbons (Fsp3) is 0.400. The van der Waals surface area contributed by atoms with E-state index in [9.17, 15) is 4.79 Å². The number of nitrogens with one attached hydrogen (secondary N) is 1. The molecule has 0 fully saturated rings. The molecule has 0 aromatic heterocycles. The first kappa shape index (κ1) is 14.3. The van der Waals surface area contributed by atoms with Gasteiger partial charge in [-0.2, -0.15) is 0 Å². The highest BCUT2D eigenvalue weighted by molar-refractivity contribution is 5.68. The van der Waals surface area contributed by atoms with Crippen molar-refractivity contribution in [2.24, 2.45) is 0 Å². The van der Waals surface area contributed by atoms with E-state index >= 15 is 0 Å². The van der Waals surface area contributed by atoms with E-state index in [0.717, 1.165) is 5.56 Å². The Bertz CT molecular complexity index is 404. The van der Waals surface area contributed by atoms with E-state index in [0.29, 0.717) is 0 Å². The van der Waals surface area contributed by atoms with E-state index in [1.54, 1.807) is 0 Å². The van der Waals surface area contributed by atoms with Crippen LogP contribution >= 0.6 is 0 Å². The second-order valence-corrected chi connectivity index (χ2v) is 5.06. The summed E-state index contributed by atoms with van der Waals surface area (Å²) in [6.45, 7) is 7.46. The summed E-state index contributed by atoms with van der Waals surface area (Å²) >= 11 is 0. The van der Waals surface area contributed by atoms with E-state index < -0.39 is 11.7 Å². The normalized spacial score (nSPS) is 13.3. The Morgan fingerprint density at radius 2 is 1.89 bits per heavy atom. The summed E-state index contributed by atoms with van der Waals surface area (Å²) < 4.78 is 5.25. The van der Waals surface area contributed by atoms with Crippen molar-refractivity contribution in [1.29, 1.82) is 0 Å². The number of hydrogen-bond donors (Lipinski definition) is 1. The Balaban J connectivity index is 2.73. The van der Waals surface area contributed by atoms with Crippen molar-refractivity contribution in [2.45, 2.75) is 39.3 Å². The Kier molecular flexibility index (Phi) is 4.95. The van der Waals surface area contributed by atoms with Crippen molar-refractivity contribution in [3.05, 3.63) is 48.0 Å². The lowest BCUT2D eigenvalue weighted by molar-refractivity contribution is 0.0514. The zero-order chi connectivity index (χ0) is 13.6. The van der Waals surface area contributed by atoms with Gasteiger partial charge in [0, 0.05) is 0 Å². The molecule has 0 aliphatic rings. The molecule has 1 aromatic rings. The molecule has 0 aliphatic heterocycles. The molecule has 98 valence electrons. The fourth-order valence-electron chi connectivity index (χ4n) is 1.53. The third kappa shape index (κ3) is 5.04. The van der Waals surface area contributed by atoms with Gasteiger partial charge in [0.05, 0.1) is 6.04 Å². The predicted octanol–water partition coefficient (Wildman–Crippen LogP) is 3.83. The molecule has 1 N–H and O–H groups in total. The number of carbonyl (C=O) groups excluding carboxylic acids is 1. The molecule has 0 aliphatic carbocycles. The first-order chi connectivity index (χ1) is 8.42. The van der Waals surface area contributed by atoms with Crippen LogP contribution in [-0.2, 0) is 4.74 Å². The Labute approximate surface area is 109 Å². The van der Waals surface area contributed by atoms with Crippen LogP contribution in [0.15, 0.2) is 42.5 Å². The molecule has 0 heterocycles. The molecule has 3 heteroatoms. The summed E-state index contributed by atoms with van der Waals surface area (Å²) in [5.74, 6) is 0. The molecule has 0 spiro atoms. The molecule has 0 bridgehead atoms. The topological polar surface area (TPSA) is 38.3 Å². The Morgan fingerprint density at radius 3 is 2.39 bits per heavy atom. The monoisotopic (exact) mass is 247 g/mol. The summed E-state index contributed by atoms with van der Waals surface area (Å²) in [7, 11) is 0. The van der Waals surface area contributed by atoms with Gasteiger partial charge in [-0.3, -0.25) is 0 Å². The molecule has 1 aromatic carbocycles. The number of alkyl carbamates (subject to hydrolysis) is 1. The predicted molar refractivity (Wildman–Crippen MR) is 73.4 cm³/mol. The van der Waals surface area contributed by atoms with E-state index in [4.69, 9.17) is 4.74 Å². The molecule has 3 nitrogen and oxygen atoms in total. The van der Waals surface area contributed by atoms with Crippen LogP contribution in [0.25, 0.3) is 0 Å². The summed E-state index contributed by atoms with van der Waals surface area (Å²) in [6, 6.07) is 9.63. The minimum atomic E-state index is -0.485. The maximum atomic E-state index is 11.8. The van der Waals surface area contributed by atoms with Gasteiger partial charge < -0.3 is 10.1 Å². The largest absolute Gasteiger partial charge is 0.444 e. The van der Waals surface area contributed by atoms with Crippen molar-refractivity contribution in [2.75, 3.05) is 0 Å². The Morgan fingerprint density at radius 1 is 1.28 bits per heavy atom. The quantitative estimate of drug-likeness (QED) is 0.824. The highest BCUT2D eigenvalue weighted by atomic mass is 16.6. The Hall–Kier alpha value is -1.77. The van der Waals surface area contributed by atoms with Gasteiger partial charge in [-0.05, 0) is 33.3 Å². The van der Waals surface area contributed by atoms with Crippen LogP contribution in [-0.4, -0.2) is 11.7 Å². The highest BCUT2D eigenvalue weighted by Crippen LogP contribution is 2.15. The summed E-state index contributed by atoms with van der Waals surface area (Å²) in [5, 5.41) is 2.84. The van der Waals surface area contributed by atoms with Crippen molar-refractivity contribution >= 4 is 6.09 Å². The van der Waals surface area contributed by atoms with Gasteiger partial charge in [0.2, 0.25) is 0 Å². The molecule has 1 amide bonds. The number of allylic oxidation sites excluding steroid dienone is 1. The number of rotatable bonds is 3. The lowest BCUT2D eigenvalue weighted by Crippen LogP contribution is -2.34. The van der Waals surface area contributed by atoms with Gasteiger partial charge in [-0.1, -0.05) is 42.5 Å². The minimum absolute atomic E-state index is 0.161. The lowest BCUT2D eigenvalue weighted by Gasteiger charge is -2.22. The molecule has 0 saturated heterocycles. The average Bonchev–Trinajstić information content (AvgIpc) is 2.27. The SMILES string of the molecule is C/C=C/C(NC(=O)OC(C)(C)C)c1ccccc1. The number of amides is 1. The van der Waals surface area contributed by atoms with Gasteiger partial charge in [-0.15, -0.1) is 0 Å². The first-order valence-electron chi connectivity index (χ1n) is 6.09. The van der Waals surface area contributed by atoms with Crippen LogP contribution in [0.1, 0.15) is 39.3 Å². The zero-order valence-electron chi connectivity index (χ0n) is 11.4. The maximum Gasteiger partial charge on any atom is 0.408 e. The maximum absolute atomic E-state index is 11.8. The van der Waals surface area contributed by atoms with E-state index in [-0.39, 0.29) is 6.04 Å². The van der Waals surface area contributed by atoms with Crippen molar-refractivity contribution in [3.63, 3.8) is 0 Å². The highest BCUT2D eigenvalue weighted by Gasteiger charge is 2.18. The van der Waals surface area contributed by atoms with Crippen molar-refractivity contribution in [3.8, 4) is 0 Å². The van der Waals surface area contributed by atoms with E-state index in [1.807, 2.05) is 70.2 Å². The molecular formula is C15H21NO2. The number of hydrogen-bond acceptors (Lipinski definition) is 2. The average molecular weight is 247 g/mol. The van der Waals surface area contributed by atoms with Crippen LogP contribution in [0.3, 0.4) is 0 Å². The molecule has 0 radical (unpaired) electrons. The van der Waals surface area contributed by atoms with Crippen LogP contribution in [0.2, 0.25) is 0 Å². The van der Waals surface area contributed by atoms with Crippen LogP contribution in [0, 0.1) is 0 Å². The molecule has 18 heavy (non-hydrogen) atoms. The van der Waals surface area contributed by atoms with Crippen molar-refractivity contribution in [1.82, 2.24) is 5.32 Å². The second kappa shape index (κ2) is 6.24. The van der Waals surface area contributed by atoms with Crippen LogP contribution in [0.4, 0.5) is 4.79 Å². The van der Waals surface area contributed by atoms with Crippen LogP contribution in [0.5, 0.6) is 0 Å². The summed E-state index contributed by atoms with van der Waals surface area (Å²) in [4.78, 5) is 11.8. The zero-order valence-corrected chi connectivity index (χ0v) is 11.4. The second-order valence-electron chi connectivity index (χ2n) is 5.06. The third-order valence-electron chi connectivity index (χ3n) is 2.22. The standard InChI is InChI=1S/C15H21NO2/c1-5-9-13(12-10-7-6-8-11-12)16-14(17)18-15(2,3)4/h5-11,13H,1-4H3,(H,16,17)/b9-5+. The summed E-state index contributed by atoms with van der Waals surface area (Å²) in [5.41, 5.74) is 0.544.